The van der Waals surface area contributed by atoms with Crippen LogP contribution in [0.2, 0.25) is 0 Å². The van der Waals surface area contributed by atoms with Crippen molar-refractivity contribution >= 4 is 33.2 Å². The van der Waals surface area contributed by atoms with Crippen molar-refractivity contribution in [2.75, 3.05) is 5.32 Å². The Bertz CT molecular complexity index is 547. The standard InChI is InChI=1S/C11H12BrN3O/c1-3-10(16)14-8-4-5-9-13-7(2)11(12)15(9)6-8/h4-6H,3H2,1-2H3,(H,14,16). The summed E-state index contributed by atoms with van der Waals surface area (Å²) in [7, 11) is 0. The maximum atomic E-state index is 11.3. The van der Waals surface area contributed by atoms with Crippen LogP contribution in [0.1, 0.15) is 19.0 Å². The molecule has 0 bridgehead atoms. The quantitative estimate of drug-likeness (QED) is 0.920. The number of pyridine rings is 1. The summed E-state index contributed by atoms with van der Waals surface area (Å²) in [5.41, 5.74) is 2.57. The van der Waals surface area contributed by atoms with Gasteiger partial charge in [-0.25, -0.2) is 4.98 Å². The lowest BCUT2D eigenvalue weighted by atomic mass is 10.3. The van der Waals surface area contributed by atoms with E-state index < -0.39 is 0 Å². The molecule has 0 radical (unpaired) electrons. The summed E-state index contributed by atoms with van der Waals surface area (Å²) in [6.07, 6.45) is 2.33. The molecule has 2 aromatic rings. The van der Waals surface area contributed by atoms with Gasteiger partial charge >= 0.3 is 0 Å². The van der Waals surface area contributed by atoms with Gasteiger partial charge in [-0.05, 0) is 35.0 Å². The molecule has 2 rings (SSSR count). The number of hydrogen-bond donors (Lipinski definition) is 1. The van der Waals surface area contributed by atoms with Crippen molar-refractivity contribution in [3.8, 4) is 0 Å². The van der Waals surface area contributed by atoms with E-state index in [-0.39, 0.29) is 5.91 Å². The number of halogens is 1. The van der Waals surface area contributed by atoms with Gasteiger partial charge in [0, 0.05) is 12.6 Å². The minimum atomic E-state index is 0.00677. The first-order chi connectivity index (χ1) is 7.61. The number of nitrogens with one attached hydrogen (secondary N) is 1. The molecule has 0 unspecified atom stereocenters. The molecule has 0 aromatic carbocycles. The highest BCUT2D eigenvalue weighted by Gasteiger charge is 2.06. The first kappa shape index (κ1) is 11.1. The van der Waals surface area contributed by atoms with E-state index in [9.17, 15) is 4.79 Å². The molecule has 4 nitrogen and oxygen atoms in total. The van der Waals surface area contributed by atoms with Crippen molar-refractivity contribution in [1.82, 2.24) is 9.38 Å². The average molecular weight is 282 g/mol. The number of rotatable bonds is 2. The van der Waals surface area contributed by atoms with Gasteiger partial charge in [0.25, 0.3) is 0 Å². The molecule has 2 heterocycles. The lowest BCUT2D eigenvalue weighted by Gasteiger charge is -2.04. The number of carbonyl (C=O) groups is 1. The van der Waals surface area contributed by atoms with Crippen LogP contribution in [0.3, 0.4) is 0 Å². The van der Waals surface area contributed by atoms with Crippen molar-refractivity contribution in [2.45, 2.75) is 20.3 Å². The second kappa shape index (κ2) is 4.25. The fourth-order valence-corrected chi connectivity index (χ4v) is 1.83. The van der Waals surface area contributed by atoms with Gasteiger partial charge in [-0.1, -0.05) is 6.92 Å². The number of anilines is 1. The summed E-state index contributed by atoms with van der Waals surface area (Å²) in [4.78, 5) is 15.6. The summed E-state index contributed by atoms with van der Waals surface area (Å²) in [6.45, 7) is 3.76. The monoisotopic (exact) mass is 281 g/mol. The van der Waals surface area contributed by atoms with Crippen LogP contribution >= 0.6 is 15.9 Å². The summed E-state index contributed by atoms with van der Waals surface area (Å²) in [5, 5.41) is 2.81. The average Bonchev–Trinajstić information content (AvgIpc) is 2.55. The Morgan fingerprint density at radius 3 is 3.00 bits per heavy atom. The van der Waals surface area contributed by atoms with E-state index in [0.717, 1.165) is 21.6 Å². The van der Waals surface area contributed by atoms with Gasteiger partial charge in [0.1, 0.15) is 10.3 Å². The summed E-state index contributed by atoms with van der Waals surface area (Å²) < 4.78 is 2.82. The molecule has 0 atom stereocenters. The lowest BCUT2D eigenvalue weighted by Crippen LogP contribution is -2.09. The van der Waals surface area contributed by atoms with Crippen LogP contribution in [0, 0.1) is 6.92 Å². The van der Waals surface area contributed by atoms with Gasteiger partial charge in [-0.3, -0.25) is 9.20 Å². The summed E-state index contributed by atoms with van der Waals surface area (Å²) in [6, 6.07) is 3.73. The van der Waals surface area contributed by atoms with Gasteiger partial charge in [0.2, 0.25) is 5.91 Å². The Hall–Kier alpha value is -1.36. The van der Waals surface area contributed by atoms with Crippen molar-refractivity contribution in [1.29, 1.82) is 0 Å². The SMILES string of the molecule is CCC(=O)Nc1ccc2nc(C)c(Br)n2c1. The van der Waals surface area contributed by atoms with Gasteiger partial charge in [0.15, 0.2) is 0 Å². The van der Waals surface area contributed by atoms with E-state index in [2.05, 4.69) is 26.2 Å². The number of carbonyl (C=O) groups excluding carboxylic acids is 1. The molecule has 0 saturated heterocycles. The third kappa shape index (κ3) is 1.95. The molecular weight excluding hydrogens is 270 g/mol. The van der Waals surface area contributed by atoms with Gasteiger partial charge in [0.05, 0.1) is 11.4 Å². The van der Waals surface area contributed by atoms with E-state index in [1.807, 2.05) is 36.6 Å². The van der Waals surface area contributed by atoms with Crippen molar-refractivity contribution in [3.05, 3.63) is 28.6 Å². The third-order valence-electron chi connectivity index (χ3n) is 2.32. The highest BCUT2D eigenvalue weighted by atomic mass is 79.9. The minimum absolute atomic E-state index is 0.00677. The van der Waals surface area contributed by atoms with E-state index in [4.69, 9.17) is 0 Å². The highest BCUT2D eigenvalue weighted by molar-refractivity contribution is 9.10. The van der Waals surface area contributed by atoms with Gasteiger partial charge < -0.3 is 5.32 Å². The predicted molar refractivity (Wildman–Crippen MR) is 66.5 cm³/mol. The zero-order chi connectivity index (χ0) is 11.7. The molecule has 0 aliphatic carbocycles. The number of nitrogens with zero attached hydrogens (tertiary/aromatic N) is 2. The maximum Gasteiger partial charge on any atom is 0.224 e. The smallest absolute Gasteiger partial charge is 0.224 e. The fourth-order valence-electron chi connectivity index (χ4n) is 1.46. The van der Waals surface area contributed by atoms with Crippen LogP contribution in [-0.4, -0.2) is 15.3 Å². The Morgan fingerprint density at radius 2 is 2.31 bits per heavy atom. The topological polar surface area (TPSA) is 46.4 Å². The molecular formula is C11H12BrN3O. The summed E-state index contributed by atoms with van der Waals surface area (Å²) >= 11 is 3.46. The van der Waals surface area contributed by atoms with E-state index in [1.54, 1.807) is 0 Å². The van der Waals surface area contributed by atoms with Crippen molar-refractivity contribution < 1.29 is 4.79 Å². The van der Waals surface area contributed by atoms with Crippen LogP contribution in [0.15, 0.2) is 22.9 Å². The second-order valence-electron chi connectivity index (χ2n) is 3.54. The molecule has 1 amide bonds. The Labute approximate surface area is 102 Å². The van der Waals surface area contributed by atoms with Crippen molar-refractivity contribution in [3.63, 3.8) is 0 Å². The number of imidazole rings is 1. The Morgan fingerprint density at radius 1 is 1.56 bits per heavy atom. The van der Waals surface area contributed by atoms with Gasteiger partial charge in [-0.15, -0.1) is 0 Å². The molecule has 1 N–H and O–H groups in total. The molecule has 0 saturated carbocycles. The fraction of sp³-hybridized carbons (Fsp3) is 0.273. The number of hydrogen-bond acceptors (Lipinski definition) is 2. The van der Waals surface area contributed by atoms with E-state index in [1.165, 1.54) is 0 Å². The number of fused-ring (bicyclic) bond motifs is 1. The molecule has 0 aliphatic rings. The molecule has 0 aliphatic heterocycles. The van der Waals surface area contributed by atoms with Crippen LogP contribution in [0.25, 0.3) is 5.65 Å². The van der Waals surface area contributed by atoms with E-state index >= 15 is 0 Å². The van der Waals surface area contributed by atoms with E-state index in [0.29, 0.717) is 6.42 Å². The van der Waals surface area contributed by atoms with Crippen LogP contribution in [-0.2, 0) is 4.79 Å². The van der Waals surface area contributed by atoms with Crippen LogP contribution in [0.4, 0.5) is 5.69 Å². The van der Waals surface area contributed by atoms with Gasteiger partial charge in [-0.2, -0.15) is 0 Å². The largest absolute Gasteiger partial charge is 0.325 e. The molecule has 0 fully saturated rings. The first-order valence-corrected chi connectivity index (χ1v) is 5.85. The normalized spacial score (nSPS) is 10.7. The zero-order valence-electron chi connectivity index (χ0n) is 9.12. The number of aryl methyl sites for hydroxylation is 1. The number of aromatic nitrogens is 2. The van der Waals surface area contributed by atoms with Crippen LogP contribution < -0.4 is 5.32 Å². The number of amides is 1. The zero-order valence-corrected chi connectivity index (χ0v) is 10.7. The minimum Gasteiger partial charge on any atom is -0.325 e. The molecule has 2 aromatic heterocycles. The third-order valence-corrected chi connectivity index (χ3v) is 3.28. The molecule has 84 valence electrons. The maximum absolute atomic E-state index is 11.3. The lowest BCUT2D eigenvalue weighted by molar-refractivity contribution is -0.115. The Balaban J connectivity index is 2.43. The second-order valence-corrected chi connectivity index (χ2v) is 4.29. The predicted octanol–water partition coefficient (Wildman–Crippen LogP) is 2.75. The van der Waals surface area contributed by atoms with Crippen LogP contribution in [0.5, 0.6) is 0 Å². The Kier molecular flexibility index (Phi) is 2.96. The van der Waals surface area contributed by atoms with Crippen molar-refractivity contribution in [2.24, 2.45) is 0 Å². The first-order valence-electron chi connectivity index (χ1n) is 5.06. The molecule has 16 heavy (non-hydrogen) atoms. The molecule has 0 spiro atoms. The molecule has 5 heteroatoms. The highest BCUT2D eigenvalue weighted by Crippen LogP contribution is 2.20. The summed E-state index contributed by atoms with van der Waals surface area (Å²) in [5.74, 6) is 0.00677.